The molecule has 0 saturated carbocycles. The van der Waals surface area contributed by atoms with E-state index >= 15 is 0 Å². The van der Waals surface area contributed by atoms with Gasteiger partial charge in [0, 0.05) is 12.1 Å². The minimum absolute atomic E-state index is 0.0852. The molecule has 0 spiro atoms. The third-order valence-corrected chi connectivity index (χ3v) is 5.27. The highest BCUT2D eigenvalue weighted by molar-refractivity contribution is 7.99. The maximum Gasteiger partial charge on any atom is 0.262 e. The van der Waals surface area contributed by atoms with Gasteiger partial charge in [0.1, 0.15) is 5.82 Å². The Morgan fingerprint density at radius 1 is 1.18 bits per heavy atom. The fourth-order valence-electron chi connectivity index (χ4n) is 2.88. The summed E-state index contributed by atoms with van der Waals surface area (Å²) >= 11 is 1.21. The first-order valence-corrected chi connectivity index (χ1v) is 10.00. The van der Waals surface area contributed by atoms with Gasteiger partial charge in [-0.2, -0.15) is 0 Å². The van der Waals surface area contributed by atoms with E-state index in [4.69, 9.17) is 0 Å². The minimum Gasteiger partial charge on any atom is -0.309 e. The maximum absolute atomic E-state index is 13.4. The van der Waals surface area contributed by atoms with Crippen molar-refractivity contribution in [2.75, 3.05) is 26.4 Å². The Hall–Kier alpha value is -2.51. The van der Waals surface area contributed by atoms with E-state index in [1.807, 2.05) is 26.2 Å². The SMILES string of the molecule is CN(C)CCCn1c(SCC(=O)c2cccc(F)c2)nc2ccccc2c1=O. The Labute approximate surface area is 167 Å². The van der Waals surface area contributed by atoms with Crippen LogP contribution in [0.5, 0.6) is 0 Å². The molecule has 0 aliphatic rings. The second kappa shape index (κ2) is 9.12. The van der Waals surface area contributed by atoms with Gasteiger partial charge in [-0.05, 0) is 51.3 Å². The Bertz CT molecular complexity index is 1050. The molecule has 1 aromatic heterocycles. The summed E-state index contributed by atoms with van der Waals surface area (Å²) in [7, 11) is 3.96. The minimum atomic E-state index is -0.444. The van der Waals surface area contributed by atoms with Crippen molar-refractivity contribution in [3.8, 4) is 0 Å². The van der Waals surface area contributed by atoms with Crippen LogP contribution in [-0.2, 0) is 6.54 Å². The number of nitrogens with zero attached hydrogens (tertiary/aromatic N) is 3. The summed E-state index contributed by atoms with van der Waals surface area (Å²) in [5.74, 6) is -0.561. The number of fused-ring (bicyclic) bond motifs is 1. The lowest BCUT2D eigenvalue weighted by molar-refractivity contribution is 0.102. The number of hydrogen-bond donors (Lipinski definition) is 0. The van der Waals surface area contributed by atoms with Crippen molar-refractivity contribution < 1.29 is 9.18 Å². The molecule has 0 atom stereocenters. The Balaban J connectivity index is 1.87. The van der Waals surface area contributed by atoms with Crippen LogP contribution in [0.15, 0.2) is 58.5 Å². The first-order chi connectivity index (χ1) is 13.5. The number of benzene rings is 2. The molecule has 0 radical (unpaired) electrons. The van der Waals surface area contributed by atoms with Crippen molar-refractivity contribution in [3.63, 3.8) is 0 Å². The number of aromatic nitrogens is 2. The third-order valence-electron chi connectivity index (χ3n) is 4.29. The summed E-state index contributed by atoms with van der Waals surface area (Å²) in [5, 5.41) is 1.07. The molecule has 3 rings (SSSR count). The number of rotatable bonds is 8. The number of carbonyl (C=O) groups is 1. The number of para-hydroxylation sites is 1. The fraction of sp³-hybridized carbons (Fsp3) is 0.286. The van der Waals surface area contributed by atoms with Gasteiger partial charge in [0.2, 0.25) is 0 Å². The second-order valence-corrected chi connectivity index (χ2v) is 7.69. The average molecular weight is 399 g/mol. The van der Waals surface area contributed by atoms with Gasteiger partial charge in [-0.25, -0.2) is 9.37 Å². The molecule has 146 valence electrons. The lowest BCUT2D eigenvalue weighted by atomic mass is 10.1. The van der Waals surface area contributed by atoms with Crippen molar-refractivity contribution in [2.24, 2.45) is 0 Å². The van der Waals surface area contributed by atoms with Gasteiger partial charge in [0.05, 0.1) is 16.7 Å². The molecule has 0 aliphatic heterocycles. The summed E-state index contributed by atoms with van der Waals surface area (Å²) < 4.78 is 15.0. The molecule has 0 bridgehead atoms. The van der Waals surface area contributed by atoms with Crippen LogP contribution in [0.3, 0.4) is 0 Å². The third kappa shape index (κ3) is 4.85. The monoisotopic (exact) mass is 399 g/mol. The fourth-order valence-corrected chi connectivity index (χ4v) is 3.80. The smallest absolute Gasteiger partial charge is 0.262 e. The quantitative estimate of drug-likeness (QED) is 0.330. The van der Waals surface area contributed by atoms with Crippen molar-refractivity contribution >= 4 is 28.4 Å². The van der Waals surface area contributed by atoms with Crippen LogP contribution in [0, 0.1) is 5.82 Å². The lowest BCUT2D eigenvalue weighted by Crippen LogP contribution is -2.25. The summed E-state index contributed by atoms with van der Waals surface area (Å²) in [6.45, 7) is 1.36. The van der Waals surface area contributed by atoms with E-state index in [0.29, 0.717) is 28.2 Å². The number of thioether (sulfide) groups is 1. The van der Waals surface area contributed by atoms with Gasteiger partial charge in [0.25, 0.3) is 5.56 Å². The Morgan fingerprint density at radius 2 is 1.96 bits per heavy atom. The molecule has 1 heterocycles. The second-order valence-electron chi connectivity index (χ2n) is 6.75. The van der Waals surface area contributed by atoms with E-state index in [0.717, 1.165) is 13.0 Å². The van der Waals surface area contributed by atoms with E-state index in [1.165, 1.54) is 30.0 Å². The van der Waals surface area contributed by atoms with Crippen LogP contribution in [0.25, 0.3) is 10.9 Å². The highest BCUT2D eigenvalue weighted by Crippen LogP contribution is 2.20. The largest absolute Gasteiger partial charge is 0.309 e. The highest BCUT2D eigenvalue weighted by Gasteiger charge is 2.14. The lowest BCUT2D eigenvalue weighted by Gasteiger charge is -2.14. The molecule has 0 aliphatic carbocycles. The summed E-state index contributed by atoms with van der Waals surface area (Å²) in [6, 6.07) is 12.8. The first kappa shape index (κ1) is 20.2. The van der Waals surface area contributed by atoms with Crippen LogP contribution in [0.1, 0.15) is 16.8 Å². The van der Waals surface area contributed by atoms with Crippen molar-refractivity contribution in [1.29, 1.82) is 0 Å². The predicted molar refractivity (Wildman–Crippen MR) is 111 cm³/mol. The van der Waals surface area contributed by atoms with Crippen LogP contribution < -0.4 is 5.56 Å². The van der Waals surface area contributed by atoms with Gasteiger partial charge in [-0.15, -0.1) is 0 Å². The van der Waals surface area contributed by atoms with Gasteiger partial charge < -0.3 is 4.90 Å². The first-order valence-electron chi connectivity index (χ1n) is 9.01. The molecule has 0 N–H and O–H groups in total. The molecular formula is C21H22FN3O2S. The van der Waals surface area contributed by atoms with Gasteiger partial charge >= 0.3 is 0 Å². The van der Waals surface area contributed by atoms with Crippen LogP contribution >= 0.6 is 11.8 Å². The normalized spacial score (nSPS) is 11.3. The van der Waals surface area contributed by atoms with Crippen molar-refractivity contribution in [3.05, 3.63) is 70.3 Å². The van der Waals surface area contributed by atoms with Gasteiger partial charge in [-0.1, -0.05) is 36.0 Å². The molecule has 5 nitrogen and oxygen atoms in total. The molecule has 7 heteroatoms. The topological polar surface area (TPSA) is 55.2 Å². The Kier molecular flexibility index (Phi) is 6.59. The van der Waals surface area contributed by atoms with Crippen LogP contribution in [-0.4, -0.2) is 46.6 Å². The summed E-state index contributed by atoms with van der Waals surface area (Å²) in [4.78, 5) is 32.0. The predicted octanol–water partition coefficient (Wildman–Crippen LogP) is 3.46. The average Bonchev–Trinajstić information content (AvgIpc) is 2.68. The molecule has 0 fully saturated rings. The zero-order valence-corrected chi connectivity index (χ0v) is 16.7. The Morgan fingerprint density at radius 3 is 2.71 bits per heavy atom. The van der Waals surface area contributed by atoms with E-state index in [2.05, 4.69) is 9.88 Å². The van der Waals surface area contributed by atoms with E-state index in [9.17, 15) is 14.0 Å². The molecule has 0 unspecified atom stereocenters. The molecule has 0 amide bonds. The molecule has 2 aromatic carbocycles. The molecule has 3 aromatic rings. The van der Waals surface area contributed by atoms with Crippen molar-refractivity contribution in [1.82, 2.24) is 14.5 Å². The van der Waals surface area contributed by atoms with E-state index in [1.54, 1.807) is 22.8 Å². The molecule has 28 heavy (non-hydrogen) atoms. The van der Waals surface area contributed by atoms with E-state index < -0.39 is 5.82 Å². The van der Waals surface area contributed by atoms with Gasteiger partial charge in [0.15, 0.2) is 10.9 Å². The van der Waals surface area contributed by atoms with Crippen LogP contribution in [0.4, 0.5) is 4.39 Å². The van der Waals surface area contributed by atoms with E-state index in [-0.39, 0.29) is 17.1 Å². The summed E-state index contributed by atoms with van der Waals surface area (Å²) in [6.07, 6.45) is 0.790. The van der Waals surface area contributed by atoms with Crippen LogP contribution in [0.2, 0.25) is 0 Å². The standard InChI is InChI=1S/C21H22FN3O2S/c1-24(2)11-6-12-25-20(27)17-9-3-4-10-18(17)23-21(25)28-14-19(26)15-7-5-8-16(22)13-15/h3-5,7-10,13H,6,11-12,14H2,1-2H3. The number of hydrogen-bond acceptors (Lipinski definition) is 5. The van der Waals surface area contributed by atoms with Gasteiger partial charge in [-0.3, -0.25) is 14.2 Å². The number of Topliss-reactive ketones (excluding diaryl/α,β-unsaturated/α-hetero) is 1. The number of ketones is 1. The molecule has 0 saturated heterocycles. The zero-order chi connectivity index (χ0) is 20.1. The summed E-state index contributed by atoms with van der Waals surface area (Å²) in [5.41, 5.74) is 0.817. The number of carbonyl (C=O) groups excluding carboxylic acids is 1. The maximum atomic E-state index is 13.4. The number of halogens is 1. The highest BCUT2D eigenvalue weighted by atomic mass is 32.2. The van der Waals surface area contributed by atoms with Crippen molar-refractivity contribution in [2.45, 2.75) is 18.1 Å². The zero-order valence-electron chi connectivity index (χ0n) is 15.9. The molecular weight excluding hydrogens is 377 g/mol.